The van der Waals surface area contributed by atoms with Crippen LogP contribution in [0.2, 0.25) is 0 Å². The van der Waals surface area contributed by atoms with Crippen molar-refractivity contribution in [1.82, 2.24) is 9.72 Å². The highest BCUT2D eigenvalue weighted by Crippen LogP contribution is 2.20. The molecule has 0 saturated heterocycles. The summed E-state index contributed by atoms with van der Waals surface area (Å²) in [5.41, 5.74) is 1.26. The van der Waals surface area contributed by atoms with E-state index in [2.05, 4.69) is 26.4 Å². The average Bonchev–Trinajstić information content (AvgIpc) is 2.95. The third-order valence-electron chi connectivity index (χ3n) is 3.44. The van der Waals surface area contributed by atoms with Crippen LogP contribution in [0.5, 0.6) is 5.75 Å². The normalized spacial score (nSPS) is 10.5. The van der Waals surface area contributed by atoms with E-state index in [1.807, 2.05) is 6.07 Å². The van der Waals surface area contributed by atoms with E-state index >= 15 is 0 Å². The zero-order valence-electron chi connectivity index (χ0n) is 13.2. The highest BCUT2D eigenvalue weighted by atomic mass is 79.9. The first-order valence-corrected chi connectivity index (χ1v) is 8.12. The van der Waals surface area contributed by atoms with Gasteiger partial charge in [-0.15, -0.1) is 0 Å². The standard InChI is InChI=1S/C17H14BrN3O4/c1-24-14-7-5-11(6-8-14)16-20-25-17(23)21(16)10-15(22)19-13-4-2-3-12(18)9-13/h2-9H,10H2,1H3,(H,19,22). The van der Waals surface area contributed by atoms with Crippen LogP contribution >= 0.6 is 15.9 Å². The van der Waals surface area contributed by atoms with Gasteiger partial charge >= 0.3 is 5.76 Å². The van der Waals surface area contributed by atoms with Crippen molar-refractivity contribution in [3.05, 3.63) is 63.6 Å². The number of ether oxygens (including phenoxy) is 1. The summed E-state index contributed by atoms with van der Waals surface area (Å²) in [6, 6.07) is 14.1. The molecule has 0 aliphatic rings. The van der Waals surface area contributed by atoms with Crippen LogP contribution in [0.3, 0.4) is 0 Å². The summed E-state index contributed by atoms with van der Waals surface area (Å²) in [7, 11) is 1.56. The zero-order valence-corrected chi connectivity index (χ0v) is 14.8. The number of aromatic nitrogens is 2. The Kier molecular flexibility index (Phi) is 4.99. The number of carbonyl (C=O) groups excluding carboxylic acids is 1. The van der Waals surface area contributed by atoms with Crippen LogP contribution < -0.4 is 15.8 Å². The maximum absolute atomic E-state index is 12.3. The number of methoxy groups -OCH3 is 1. The molecule has 0 atom stereocenters. The lowest BCUT2D eigenvalue weighted by molar-refractivity contribution is -0.116. The summed E-state index contributed by atoms with van der Waals surface area (Å²) in [4.78, 5) is 24.2. The van der Waals surface area contributed by atoms with Gasteiger partial charge in [-0.3, -0.25) is 9.32 Å². The molecule has 2 aromatic carbocycles. The molecule has 0 aliphatic heterocycles. The molecule has 0 spiro atoms. The molecule has 1 aromatic heterocycles. The summed E-state index contributed by atoms with van der Waals surface area (Å²) in [5.74, 6) is -0.112. The van der Waals surface area contributed by atoms with Crippen molar-refractivity contribution >= 4 is 27.5 Å². The molecule has 0 aliphatic carbocycles. The van der Waals surface area contributed by atoms with Gasteiger partial charge in [0.15, 0.2) is 5.82 Å². The van der Waals surface area contributed by atoms with Gasteiger partial charge in [-0.05, 0) is 42.5 Å². The number of benzene rings is 2. The smallest absolute Gasteiger partial charge is 0.442 e. The van der Waals surface area contributed by atoms with Crippen molar-refractivity contribution in [2.45, 2.75) is 6.54 Å². The molecule has 128 valence electrons. The minimum absolute atomic E-state index is 0.212. The molecule has 0 saturated carbocycles. The quantitative estimate of drug-likeness (QED) is 0.707. The van der Waals surface area contributed by atoms with Crippen LogP contribution in [-0.2, 0) is 11.3 Å². The molecule has 1 amide bonds. The second-order valence-corrected chi connectivity index (χ2v) is 6.06. The van der Waals surface area contributed by atoms with Gasteiger partial charge in [-0.1, -0.05) is 27.2 Å². The molecule has 1 heterocycles. The van der Waals surface area contributed by atoms with Crippen LogP contribution in [0, 0.1) is 0 Å². The van der Waals surface area contributed by atoms with Crippen molar-refractivity contribution in [2.75, 3.05) is 12.4 Å². The van der Waals surface area contributed by atoms with Gasteiger partial charge in [0.25, 0.3) is 0 Å². The maximum Gasteiger partial charge on any atom is 0.442 e. The molecule has 0 unspecified atom stereocenters. The lowest BCUT2D eigenvalue weighted by Crippen LogP contribution is -2.25. The number of anilines is 1. The monoisotopic (exact) mass is 403 g/mol. The predicted octanol–water partition coefficient (Wildman–Crippen LogP) is 2.91. The van der Waals surface area contributed by atoms with Crippen molar-refractivity contribution in [1.29, 1.82) is 0 Å². The van der Waals surface area contributed by atoms with E-state index in [1.165, 1.54) is 4.57 Å². The van der Waals surface area contributed by atoms with Gasteiger partial charge in [0.05, 0.1) is 7.11 Å². The van der Waals surface area contributed by atoms with Crippen LogP contribution in [0.15, 0.2) is 62.3 Å². The number of halogens is 1. The third kappa shape index (κ3) is 3.97. The highest BCUT2D eigenvalue weighted by molar-refractivity contribution is 9.10. The van der Waals surface area contributed by atoms with E-state index in [-0.39, 0.29) is 18.3 Å². The number of amides is 1. The number of hydrogen-bond donors (Lipinski definition) is 1. The molecular formula is C17H14BrN3O4. The first-order chi connectivity index (χ1) is 12.1. The topological polar surface area (TPSA) is 86.4 Å². The molecule has 1 N–H and O–H groups in total. The van der Waals surface area contributed by atoms with E-state index in [4.69, 9.17) is 9.26 Å². The van der Waals surface area contributed by atoms with Crippen LogP contribution in [-0.4, -0.2) is 22.7 Å². The van der Waals surface area contributed by atoms with Gasteiger partial charge in [-0.25, -0.2) is 9.36 Å². The van der Waals surface area contributed by atoms with Gasteiger partial charge in [-0.2, -0.15) is 0 Å². The second-order valence-electron chi connectivity index (χ2n) is 5.15. The SMILES string of the molecule is COc1ccc(-c2noc(=O)n2CC(=O)Nc2cccc(Br)c2)cc1. The largest absolute Gasteiger partial charge is 0.497 e. The van der Waals surface area contributed by atoms with E-state index in [0.29, 0.717) is 17.0 Å². The Morgan fingerprint density at radius 3 is 2.72 bits per heavy atom. The Morgan fingerprint density at radius 2 is 2.04 bits per heavy atom. The molecular weight excluding hydrogens is 390 g/mol. The van der Waals surface area contributed by atoms with Gasteiger partial charge in [0.1, 0.15) is 12.3 Å². The Balaban J connectivity index is 1.81. The van der Waals surface area contributed by atoms with Crippen molar-refractivity contribution in [2.24, 2.45) is 0 Å². The molecule has 0 bridgehead atoms. The van der Waals surface area contributed by atoms with E-state index in [9.17, 15) is 9.59 Å². The predicted molar refractivity (Wildman–Crippen MR) is 95.5 cm³/mol. The summed E-state index contributed by atoms with van der Waals surface area (Å²) < 4.78 is 11.8. The number of rotatable bonds is 5. The minimum atomic E-state index is -0.699. The number of hydrogen-bond acceptors (Lipinski definition) is 5. The highest BCUT2D eigenvalue weighted by Gasteiger charge is 2.16. The molecule has 7 nitrogen and oxygen atoms in total. The zero-order chi connectivity index (χ0) is 17.8. The fourth-order valence-electron chi connectivity index (χ4n) is 2.27. The first kappa shape index (κ1) is 17.0. The Hall–Kier alpha value is -2.87. The van der Waals surface area contributed by atoms with Crippen molar-refractivity contribution < 1.29 is 14.1 Å². The Bertz CT molecular complexity index is 947. The molecule has 8 heteroatoms. The van der Waals surface area contributed by atoms with Crippen LogP contribution in [0.1, 0.15) is 0 Å². The molecule has 0 radical (unpaired) electrons. The lowest BCUT2D eigenvalue weighted by atomic mass is 10.2. The van der Waals surface area contributed by atoms with Crippen LogP contribution in [0.25, 0.3) is 11.4 Å². The Morgan fingerprint density at radius 1 is 1.28 bits per heavy atom. The molecule has 25 heavy (non-hydrogen) atoms. The van der Waals surface area contributed by atoms with Gasteiger partial charge in [0, 0.05) is 15.7 Å². The van der Waals surface area contributed by atoms with Crippen LogP contribution in [0.4, 0.5) is 5.69 Å². The van der Waals surface area contributed by atoms with E-state index in [0.717, 1.165) is 4.47 Å². The summed E-state index contributed by atoms with van der Waals surface area (Å²) in [5, 5.41) is 6.49. The third-order valence-corrected chi connectivity index (χ3v) is 3.94. The first-order valence-electron chi connectivity index (χ1n) is 7.33. The van der Waals surface area contributed by atoms with Gasteiger partial charge in [0.2, 0.25) is 5.91 Å². The summed E-state index contributed by atoms with van der Waals surface area (Å²) >= 11 is 3.34. The fraction of sp³-hybridized carbons (Fsp3) is 0.118. The van der Waals surface area contributed by atoms with E-state index in [1.54, 1.807) is 49.6 Å². The number of nitrogens with one attached hydrogen (secondary N) is 1. The van der Waals surface area contributed by atoms with Crippen molar-refractivity contribution in [3.8, 4) is 17.1 Å². The Labute approximate surface area is 151 Å². The molecule has 3 rings (SSSR count). The number of carbonyl (C=O) groups is 1. The van der Waals surface area contributed by atoms with E-state index < -0.39 is 5.76 Å². The summed E-state index contributed by atoms with van der Waals surface area (Å²) in [6.07, 6.45) is 0. The fourth-order valence-corrected chi connectivity index (χ4v) is 2.66. The van der Waals surface area contributed by atoms with Gasteiger partial charge < -0.3 is 10.1 Å². The minimum Gasteiger partial charge on any atom is -0.497 e. The van der Waals surface area contributed by atoms with Crippen molar-refractivity contribution in [3.63, 3.8) is 0 Å². The molecule has 3 aromatic rings. The maximum atomic E-state index is 12.3. The average molecular weight is 404 g/mol. The summed E-state index contributed by atoms with van der Waals surface area (Å²) in [6.45, 7) is -0.212. The molecule has 0 fully saturated rings. The lowest BCUT2D eigenvalue weighted by Gasteiger charge is -2.07. The second kappa shape index (κ2) is 7.35. The number of nitrogens with zero attached hydrogens (tertiary/aromatic N) is 2.